The lowest BCUT2D eigenvalue weighted by molar-refractivity contribution is 0.0759. The van der Waals surface area contributed by atoms with Crippen LogP contribution in [-0.2, 0) is 0 Å². The Morgan fingerprint density at radius 3 is 2.60 bits per heavy atom. The maximum Gasteiger partial charge on any atom is 0.289 e. The molecule has 1 rings (SSSR count). The molecule has 1 aromatic rings. The zero-order valence-electron chi connectivity index (χ0n) is 9.56. The lowest BCUT2D eigenvalue weighted by Gasteiger charge is -2.17. The van der Waals surface area contributed by atoms with Crippen molar-refractivity contribution in [3.63, 3.8) is 0 Å². The first-order chi connectivity index (χ1) is 7.11. The monoisotopic (exact) mass is 210 g/mol. The predicted octanol–water partition coefficient (Wildman–Crippen LogP) is 1.30. The van der Waals surface area contributed by atoms with E-state index in [1.807, 2.05) is 14.1 Å². The number of amides is 1. The van der Waals surface area contributed by atoms with Crippen molar-refractivity contribution < 1.29 is 9.21 Å². The summed E-state index contributed by atoms with van der Waals surface area (Å²) in [5.74, 6) is 0.348. The minimum Gasteiger partial charge on any atom is -0.459 e. The Labute approximate surface area is 90.5 Å². The summed E-state index contributed by atoms with van der Waals surface area (Å²) < 4.78 is 5.04. The largest absolute Gasteiger partial charge is 0.459 e. The molecule has 0 spiro atoms. The summed E-state index contributed by atoms with van der Waals surface area (Å²) in [5, 5.41) is 0. The Hall–Kier alpha value is -1.29. The van der Waals surface area contributed by atoms with E-state index in [0.717, 1.165) is 19.5 Å². The van der Waals surface area contributed by atoms with E-state index in [0.29, 0.717) is 5.76 Å². The number of hydrogen-bond acceptors (Lipinski definition) is 3. The van der Waals surface area contributed by atoms with Crippen molar-refractivity contribution in [2.75, 3.05) is 34.2 Å². The van der Waals surface area contributed by atoms with Crippen molar-refractivity contribution in [3.05, 3.63) is 24.2 Å². The van der Waals surface area contributed by atoms with Crippen LogP contribution in [0.25, 0.3) is 0 Å². The molecule has 1 amide bonds. The maximum absolute atomic E-state index is 11.7. The fraction of sp³-hybridized carbons (Fsp3) is 0.545. The molecule has 0 unspecified atom stereocenters. The molecule has 15 heavy (non-hydrogen) atoms. The summed E-state index contributed by atoms with van der Waals surface area (Å²) >= 11 is 0. The molecule has 4 nitrogen and oxygen atoms in total. The van der Waals surface area contributed by atoms with Gasteiger partial charge in [-0.2, -0.15) is 0 Å². The molecule has 0 fully saturated rings. The minimum atomic E-state index is -0.0567. The molecule has 0 atom stereocenters. The highest BCUT2D eigenvalue weighted by atomic mass is 16.3. The number of carbonyl (C=O) groups is 1. The smallest absolute Gasteiger partial charge is 0.289 e. The van der Waals surface area contributed by atoms with Crippen LogP contribution in [0.4, 0.5) is 0 Å². The minimum absolute atomic E-state index is 0.0567. The van der Waals surface area contributed by atoms with Crippen LogP contribution in [0.3, 0.4) is 0 Å². The van der Waals surface area contributed by atoms with Crippen LogP contribution in [-0.4, -0.2) is 49.9 Å². The van der Waals surface area contributed by atoms with Crippen LogP contribution < -0.4 is 0 Å². The van der Waals surface area contributed by atoms with Gasteiger partial charge in [0.05, 0.1) is 6.26 Å². The van der Waals surface area contributed by atoms with Gasteiger partial charge in [0.2, 0.25) is 0 Å². The van der Waals surface area contributed by atoms with Gasteiger partial charge in [-0.05, 0) is 39.2 Å². The zero-order chi connectivity index (χ0) is 11.3. The first-order valence-electron chi connectivity index (χ1n) is 5.05. The molecular formula is C11H18N2O2. The summed E-state index contributed by atoms with van der Waals surface area (Å²) in [6.45, 7) is 1.73. The van der Waals surface area contributed by atoms with Gasteiger partial charge in [-0.1, -0.05) is 0 Å². The van der Waals surface area contributed by atoms with Gasteiger partial charge in [-0.25, -0.2) is 0 Å². The second kappa shape index (κ2) is 5.56. The van der Waals surface area contributed by atoms with Crippen LogP contribution in [0, 0.1) is 0 Å². The molecule has 1 aromatic heterocycles. The molecule has 0 aliphatic rings. The molecule has 0 radical (unpaired) electrons. The summed E-state index contributed by atoms with van der Waals surface area (Å²) in [5.41, 5.74) is 0. The Kier molecular flexibility index (Phi) is 4.37. The topological polar surface area (TPSA) is 36.7 Å². The summed E-state index contributed by atoms with van der Waals surface area (Å²) in [6, 6.07) is 3.41. The van der Waals surface area contributed by atoms with Crippen molar-refractivity contribution in [1.29, 1.82) is 0 Å². The van der Waals surface area contributed by atoms with E-state index in [9.17, 15) is 4.79 Å². The third kappa shape index (κ3) is 3.75. The predicted molar refractivity (Wildman–Crippen MR) is 58.8 cm³/mol. The van der Waals surface area contributed by atoms with Crippen molar-refractivity contribution in [1.82, 2.24) is 9.80 Å². The lowest BCUT2D eigenvalue weighted by Crippen LogP contribution is -2.29. The molecule has 0 saturated heterocycles. The van der Waals surface area contributed by atoms with Crippen LogP contribution in [0.5, 0.6) is 0 Å². The second-order valence-corrected chi connectivity index (χ2v) is 3.86. The van der Waals surface area contributed by atoms with Crippen molar-refractivity contribution in [2.45, 2.75) is 6.42 Å². The SMILES string of the molecule is CN(C)CCCN(C)C(=O)c1ccco1. The van der Waals surface area contributed by atoms with E-state index in [-0.39, 0.29) is 5.91 Å². The van der Waals surface area contributed by atoms with Crippen LogP contribution in [0.15, 0.2) is 22.8 Å². The fourth-order valence-corrected chi connectivity index (χ4v) is 1.31. The fourth-order valence-electron chi connectivity index (χ4n) is 1.31. The first kappa shape index (κ1) is 11.8. The quantitative estimate of drug-likeness (QED) is 0.735. The number of nitrogens with zero attached hydrogens (tertiary/aromatic N) is 2. The highest BCUT2D eigenvalue weighted by molar-refractivity contribution is 5.91. The average molecular weight is 210 g/mol. The Morgan fingerprint density at radius 2 is 2.07 bits per heavy atom. The van der Waals surface area contributed by atoms with E-state index in [1.54, 1.807) is 24.1 Å². The standard InChI is InChI=1S/C11H18N2O2/c1-12(2)7-5-8-13(3)11(14)10-6-4-9-15-10/h4,6,9H,5,7-8H2,1-3H3. The number of carbonyl (C=O) groups excluding carboxylic acids is 1. The van der Waals surface area contributed by atoms with Crippen LogP contribution in [0.2, 0.25) is 0 Å². The van der Waals surface area contributed by atoms with Gasteiger partial charge in [0.1, 0.15) is 0 Å². The van der Waals surface area contributed by atoms with Gasteiger partial charge in [0.25, 0.3) is 5.91 Å². The average Bonchev–Trinajstić information content (AvgIpc) is 2.68. The maximum atomic E-state index is 11.7. The first-order valence-corrected chi connectivity index (χ1v) is 5.05. The molecule has 0 bridgehead atoms. The number of hydrogen-bond donors (Lipinski definition) is 0. The van der Waals surface area contributed by atoms with E-state index >= 15 is 0 Å². The zero-order valence-corrected chi connectivity index (χ0v) is 9.56. The van der Waals surface area contributed by atoms with E-state index < -0.39 is 0 Å². The number of rotatable bonds is 5. The Bertz CT molecular complexity index is 294. The van der Waals surface area contributed by atoms with Gasteiger partial charge in [0, 0.05) is 13.6 Å². The Morgan fingerprint density at radius 1 is 1.33 bits per heavy atom. The van der Waals surface area contributed by atoms with Crippen LogP contribution in [0.1, 0.15) is 17.0 Å². The van der Waals surface area contributed by atoms with Gasteiger partial charge in [-0.15, -0.1) is 0 Å². The highest BCUT2D eigenvalue weighted by Gasteiger charge is 2.13. The third-order valence-corrected chi connectivity index (χ3v) is 2.18. The highest BCUT2D eigenvalue weighted by Crippen LogP contribution is 2.04. The second-order valence-electron chi connectivity index (χ2n) is 3.86. The summed E-state index contributed by atoms with van der Waals surface area (Å²) in [7, 11) is 5.84. The summed E-state index contributed by atoms with van der Waals surface area (Å²) in [6.07, 6.45) is 2.48. The Balaban J connectivity index is 2.34. The van der Waals surface area contributed by atoms with Gasteiger partial charge in [-0.3, -0.25) is 4.79 Å². The van der Waals surface area contributed by atoms with E-state index in [4.69, 9.17) is 4.42 Å². The van der Waals surface area contributed by atoms with E-state index in [2.05, 4.69) is 4.90 Å². The summed E-state index contributed by atoms with van der Waals surface area (Å²) in [4.78, 5) is 15.5. The van der Waals surface area contributed by atoms with Gasteiger partial charge >= 0.3 is 0 Å². The molecule has 84 valence electrons. The van der Waals surface area contributed by atoms with Crippen molar-refractivity contribution in [2.24, 2.45) is 0 Å². The molecule has 0 aliphatic carbocycles. The third-order valence-electron chi connectivity index (χ3n) is 2.18. The van der Waals surface area contributed by atoms with Crippen molar-refractivity contribution in [3.8, 4) is 0 Å². The van der Waals surface area contributed by atoms with Crippen LogP contribution >= 0.6 is 0 Å². The molecule has 0 aromatic carbocycles. The molecule has 0 saturated carbocycles. The lowest BCUT2D eigenvalue weighted by atomic mass is 10.3. The normalized spacial score (nSPS) is 10.7. The molecule has 0 N–H and O–H groups in total. The van der Waals surface area contributed by atoms with Crippen molar-refractivity contribution >= 4 is 5.91 Å². The number of furan rings is 1. The molecule has 1 heterocycles. The molecular weight excluding hydrogens is 192 g/mol. The molecule has 0 aliphatic heterocycles. The molecule has 4 heteroatoms. The van der Waals surface area contributed by atoms with Gasteiger partial charge in [0.15, 0.2) is 5.76 Å². The van der Waals surface area contributed by atoms with Gasteiger partial charge < -0.3 is 14.2 Å². The van der Waals surface area contributed by atoms with E-state index in [1.165, 1.54) is 6.26 Å².